The van der Waals surface area contributed by atoms with Gasteiger partial charge in [0.25, 0.3) is 5.91 Å². The summed E-state index contributed by atoms with van der Waals surface area (Å²) in [6, 6.07) is 9.02. The molecule has 2 aromatic rings. The lowest BCUT2D eigenvalue weighted by molar-refractivity contribution is 0.102. The topological polar surface area (TPSA) is 88.2 Å². The third kappa shape index (κ3) is 4.17. The largest absolute Gasteiger partial charge is 0.366 e. The average Bonchev–Trinajstić information content (AvgIpc) is 2.91. The SMILES string of the molecule is Cc1cccc(NC(=O)c2ccc(NC3CCS(=O)(=O)C3)nc2)c1C. The van der Waals surface area contributed by atoms with Gasteiger partial charge in [-0.2, -0.15) is 0 Å². The molecule has 0 aliphatic carbocycles. The van der Waals surface area contributed by atoms with Crippen LogP contribution < -0.4 is 10.6 Å². The zero-order valence-electron chi connectivity index (χ0n) is 14.2. The first-order chi connectivity index (χ1) is 11.8. The highest BCUT2D eigenvalue weighted by Crippen LogP contribution is 2.20. The van der Waals surface area contributed by atoms with E-state index >= 15 is 0 Å². The molecule has 1 unspecified atom stereocenters. The lowest BCUT2D eigenvalue weighted by atomic mass is 10.1. The number of sulfone groups is 1. The third-order valence-corrected chi connectivity index (χ3v) is 6.23. The van der Waals surface area contributed by atoms with E-state index in [4.69, 9.17) is 0 Å². The van der Waals surface area contributed by atoms with E-state index in [2.05, 4.69) is 15.6 Å². The molecule has 6 nitrogen and oxygen atoms in total. The number of pyridine rings is 1. The Labute approximate surface area is 147 Å². The van der Waals surface area contributed by atoms with E-state index in [9.17, 15) is 13.2 Å². The van der Waals surface area contributed by atoms with Gasteiger partial charge in [0.15, 0.2) is 9.84 Å². The Hall–Kier alpha value is -2.41. The molecule has 1 amide bonds. The number of anilines is 2. The monoisotopic (exact) mass is 359 g/mol. The number of nitrogens with zero attached hydrogens (tertiary/aromatic N) is 1. The maximum atomic E-state index is 12.4. The molecule has 0 spiro atoms. The molecule has 25 heavy (non-hydrogen) atoms. The number of aromatic nitrogens is 1. The van der Waals surface area contributed by atoms with Crippen LogP contribution >= 0.6 is 0 Å². The number of hydrogen-bond acceptors (Lipinski definition) is 5. The van der Waals surface area contributed by atoms with Gasteiger partial charge >= 0.3 is 0 Å². The lowest BCUT2D eigenvalue weighted by Gasteiger charge is -2.12. The molecule has 1 atom stereocenters. The summed E-state index contributed by atoms with van der Waals surface area (Å²) in [5, 5.41) is 6.00. The summed E-state index contributed by atoms with van der Waals surface area (Å²) in [5.41, 5.74) is 3.38. The standard InChI is InChI=1S/C18H21N3O3S/c1-12-4-3-5-16(13(12)2)21-18(22)14-6-7-17(19-10-14)20-15-8-9-25(23,24)11-15/h3-7,10,15H,8-9,11H2,1-2H3,(H,19,20)(H,21,22). The Morgan fingerprint density at radius 2 is 2.00 bits per heavy atom. The van der Waals surface area contributed by atoms with Gasteiger partial charge in [-0.15, -0.1) is 0 Å². The van der Waals surface area contributed by atoms with Crippen LogP contribution in [0.25, 0.3) is 0 Å². The number of benzene rings is 1. The van der Waals surface area contributed by atoms with Crippen LogP contribution in [-0.2, 0) is 9.84 Å². The zero-order chi connectivity index (χ0) is 18.0. The molecule has 0 radical (unpaired) electrons. The Morgan fingerprint density at radius 3 is 2.64 bits per heavy atom. The van der Waals surface area contributed by atoms with Gasteiger partial charge in [0.1, 0.15) is 5.82 Å². The number of carbonyl (C=O) groups excluding carboxylic acids is 1. The Balaban J connectivity index is 1.65. The second kappa shape index (κ2) is 6.84. The van der Waals surface area contributed by atoms with Crippen molar-refractivity contribution in [2.75, 3.05) is 22.1 Å². The molecule has 1 aromatic carbocycles. The van der Waals surface area contributed by atoms with Crippen LogP contribution in [0.1, 0.15) is 27.9 Å². The predicted molar refractivity (Wildman–Crippen MR) is 98.8 cm³/mol. The summed E-state index contributed by atoms with van der Waals surface area (Å²) in [4.78, 5) is 16.6. The number of carbonyl (C=O) groups is 1. The number of hydrogen-bond donors (Lipinski definition) is 2. The van der Waals surface area contributed by atoms with Crippen molar-refractivity contribution in [3.63, 3.8) is 0 Å². The van der Waals surface area contributed by atoms with Crippen molar-refractivity contribution in [3.05, 3.63) is 53.2 Å². The summed E-state index contributed by atoms with van der Waals surface area (Å²) in [5.74, 6) is 0.687. The van der Waals surface area contributed by atoms with Crippen LogP contribution in [-0.4, -0.2) is 36.9 Å². The van der Waals surface area contributed by atoms with Gasteiger partial charge in [-0.05, 0) is 49.6 Å². The molecular weight excluding hydrogens is 338 g/mol. The number of amides is 1. The van der Waals surface area contributed by atoms with Crippen molar-refractivity contribution in [2.24, 2.45) is 0 Å². The number of nitrogens with one attached hydrogen (secondary N) is 2. The van der Waals surface area contributed by atoms with E-state index in [1.165, 1.54) is 6.20 Å². The van der Waals surface area contributed by atoms with Crippen LogP contribution in [0.5, 0.6) is 0 Å². The average molecular weight is 359 g/mol. The summed E-state index contributed by atoms with van der Waals surface area (Å²) >= 11 is 0. The summed E-state index contributed by atoms with van der Waals surface area (Å²) < 4.78 is 23.0. The molecule has 7 heteroatoms. The van der Waals surface area contributed by atoms with Crippen molar-refractivity contribution in [1.82, 2.24) is 4.98 Å². The van der Waals surface area contributed by atoms with Crippen molar-refractivity contribution < 1.29 is 13.2 Å². The maximum Gasteiger partial charge on any atom is 0.257 e. The van der Waals surface area contributed by atoms with Crippen LogP contribution in [0.3, 0.4) is 0 Å². The van der Waals surface area contributed by atoms with Gasteiger partial charge in [0, 0.05) is 17.9 Å². The van der Waals surface area contributed by atoms with Crippen LogP contribution in [0.4, 0.5) is 11.5 Å². The van der Waals surface area contributed by atoms with Crippen molar-refractivity contribution >= 4 is 27.2 Å². The van der Waals surface area contributed by atoms with E-state index in [-0.39, 0.29) is 23.5 Å². The normalized spacial score (nSPS) is 18.7. The molecule has 2 N–H and O–H groups in total. The minimum atomic E-state index is -2.93. The molecule has 0 saturated carbocycles. The minimum Gasteiger partial charge on any atom is -0.366 e. The first-order valence-corrected chi connectivity index (χ1v) is 9.97. The van der Waals surface area contributed by atoms with Crippen LogP contribution in [0, 0.1) is 13.8 Å². The first-order valence-electron chi connectivity index (χ1n) is 8.15. The van der Waals surface area contributed by atoms with Gasteiger partial charge in [-0.1, -0.05) is 12.1 Å². The van der Waals surface area contributed by atoms with Crippen LogP contribution in [0.15, 0.2) is 36.5 Å². The molecule has 1 aliphatic rings. The van der Waals surface area contributed by atoms with Crippen molar-refractivity contribution in [2.45, 2.75) is 26.3 Å². The van der Waals surface area contributed by atoms with Gasteiger partial charge in [0.05, 0.1) is 17.1 Å². The van der Waals surface area contributed by atoms with E-state index in [0.717, 1.165) is 16.8 Å². The highest BCUT2D eigenvalue weighted by Gasteiger charge is 2.27. The van der Waals surface area contributed by atoms with Crippen LogP contribution in [0.2, 0.25) is 0 Å². The second-order valence-electron chi connectivity index (χ2n) is 6.38. The Kier molecular flexibility index (Phi) is 4.76. The summed E-state index contributed by atoms with van der Waals surface area (Å²) in [6.45, 7) is 3.96. The minimum absolute atomic E-state index is 0.118. The zero-order valence-corrected chi connectivity index (χ0v) is 15.1. The fourth-order valence-corrected chi connectivity index (χ4v) is 4.49. The predicted octanol–water partition coefficient (Wildman–Crippen LogP) is 2.55. The summed E-state index contributed by atoms with van der Waals surface area (Å²) in [6.07, 6.45) is 2.07. The molecule has 1 fully saturated rings. The highest BCUT2D eigenvalue weighted by atomic mass is 32.2. The fraction of sp³-hybridized carbons (Fsp3) is 0.333. The Morgan fingerprint density at radius 1 is 1.20 bits per heavy atom. The van der Waals surface area contributed by atoms with Gasteiger partial charge in [0.2, 0.25) is 0 Å². The molecule has 3 rings (SSSR count). The van der Waals surface area contributed by atoms with Gasteiger partial charge in [-0.3, -0.25) is 4.79 Å². The smallest absolute Gasteiger partial charge is 0.257 e. The molecule has 1 aromatic heterocycles. The molecule has 2 heterocycles. The van der Waals surface area contributed by atoms with Gasteiger partial charge < -0.3 is 10.6 Å². The van der Waals surface area contributed by atoms with Gasteiger partial charge in [-0.25, -0.2) is 13.4 Å². The second-order valence-corrected chi connectivity index (χ2v) is 8.61. The van der Waals surface area contributed by atoms with E-state index in [1.807, 2.05) is 32.0 Å². The molecule has 1 aliphatic heterocycles. The fourth-order valence-electron chi connectivity index (χ4n) is 2.81. The number of aryl methyl sites for hydroxylation is 1. The third-order valence-electron chi connectivity index (χ3n) is 4.46. The molecule has 1 saturated heterocycles. The lowest BCUT2D eigenvalue weighted by Crippen LogP contribution is -2.21. The number of rotatable bonds is 4. The molecule has 132 valence electrons. The molecular formula is C18H21N3O3S. The highest BCUT2D eigenvalue weighted by molar-refractivity contribution is 7.91. The first kappa shape index (κ1) is 17.4. The van der Waals surface area contributed by atoms with Crippen molar-refractivity contribution in [1.29, 1.82) is 0 Å². The molecule has 0 bridgehead atoms. The maximum absolute atomic E-state index is 12.4. The van der Waals surface area contributed by atoms with E-state index in [0.29, 0.717) is 17.8 Å². The van der Waals surface area contributed by atoms with E-state index in [1.54, 1.807) is 12.1 Å². The quantitative estimate of drug-likeness (QED) is 0.876. The Bertz CT molecular complexity index is 892. The summed E-state index contributed by atoms with van der Waals surface area (Å²) in [7, 11) is -2.93. The van der Waals surface area contributed by atoms with Crippen molar-refractivity contribution in [3.8, 4) is 0 Å². The van der Waals surface area contributed by atoms with E-state index < -0.39 is 9.84 Å².